The Balaban J connectivity index is 0. The molecule has 0 aromatic carbocycles. The van der Waals surface area contributed by atoms with Gasteiger partial charge in [0.05, 0.1) is 0 Å². The van der Waals surface area contributed by atoms with Crippen LogP contribution >= 0.6 is 0 Å². The smallest absolute Gasteiger partial charge is 0.454 e. The van der Waals surface area contributed by atoms with E-state index in [1.54, 1.807) is 0 Å². The summed E-state index contributed by atoms with van der Waals surface area (Å²) in [6, 6.07) is 0. The Morgan fingerprint density at radius 1 is 0.818 bits per heavy atom. The molecule has 0 saturated carbocycles. The molecule has 1 aliphatic rings. The average Bonchev–Trinajstić information content (AvgIpc) is 2.25. The van der Waals surface area contributed by atoms with Crippen molar-refractivity contribution in [1.29, 1.82) is 0 Å². The van der Waals surface area contributed by atoms with Gasteiger partial charge in [-0.1, -0.05) is 24.3 Å². The van der Waals surface area contributed by atoms with E-state index in [0.717, 1.165) is 0 Å². The van der Waals surface area contributed by atoms with Gasteiger partial charge < -0.3 is 5.11 Å². The first-order valence-electron chi connectivity index (χ1n) is 5.94. The van der Waals surface area contributed by atoms with Gasteiger partial charge in [0.15, 0.2) is 0 Å². The van der Waals surface area contributed by atoms with E-state index in [0.29, 0.717) is 0 Å². The monoisotopic (exact) mass is 509 g/mol. The number of allylic oxidation sites excluding steroid dienone is 6. The van der Waals surface area contributed by atoms with Crippen LogP contribution in [0.2, 0.25) is 0 Å². The standard InChI is InChI=1S/C8H12.C5H2F6O2.Ir/c1-2-4-6-8-7-5-3-1;6-4(7,8)2(12)1-3(13)5(9,10)11;/h1-2,7-8H,3-6H2;1,12H;/b2-1-,8-7-;2-1-;. The molecule has 1 aliphatic carbocycles. The van der Waals surface area contributed by atoms with Gasteiger partial charge >= 0.3 is 12.4 Å². The molecule has 0 atom stereocenters. The molecule has 0 heterocycles. The minimum absolute atomic E-state index is 0. The third-order valence-corrected chi connectivity index (χ3v) is 2.17. The molecular formula is C13H14F6IrO2. The van der Waals surface area contributed by atoms with Gasteiger partial charge in [0.25, 0.3) is 5.78 Å². The number of rotatable bonds is 1. The van der Waals surface area contributed by atoms with Crippen LogP contribution in [0.15, 0.2) is 36.1 Å². The van der Waals surface area contributed by atoms with Crippen molar-refractivity contribution >= 4 is 5.78 Å². The fourth-order valence-electron chi connectivity index (χ4n) is 1.14. The van der Waals surface area contributed by atoms with Gasteiger partial charge in [-0.05, 0) is 25.7 Å². The van der Waals surface area contributed by atoms with Crippen LogP contribution in [0.3, 0.4) is 0 Å². The molecule has 0 aromatic rings. The van der Waals surface area contributed by atoms with Crippen molar-refractivity contribution in [2.75, 3.05) is 0 Å². The van der Waals surface area contributed by atoms with Crippen LogP contribution in [0, 0.1) is 0 Å². The predicted octanol–water partition coefficient (Wildman–Crippen LogP) is 4.79. The van der Waals surface area contributed by atoms with Gasteiger partial charge in [0, 0.05) is 26.2 Å². The van der Waals surface area contributed by atoms with Crippen LogP contribution in [0.4, 0.5) is 26.3 Å². The first kappa shape index (κ1) is 23.2. The summed E-state index contributed by atoms with van der Waals surface area (Å²) in [6.45, 7) is 0. The zero-order valence-electron chi connectivity index (χ0n) is 11.2. The van der Waals surface area contributed by atoms with Gasteiger partial charge in [-0.3, -0.25) is 4.79 Å². The molecule has 129 valence electrons. The van der Waals surface area contributed by atoms with Gasteiger partial charge in [-0.25, -0.2) is 0 Å². The van der Waals surface area contributed by atoms with E-state index in [4.69, 9.17) is 5.11 Å². The van der Waals surface area contributed by atoms with Crippen molar-refractivity contribution in [2.24, 2.45) is 0 Å². The average molecular weight is 508 g/mol. The molecule has 1 radical (unpaired) electrons. The van der Waals surface area contributed by atoms with Crippen LogP contribution in [0.25, 0.3) is 0 Å². The summed E-state index contributed by atoms with van der Waals surface area (Å²) in [7, 11) is 0. The number of carbonyl (C=O) groups is 1. The van der Waals surface area contributed by atoms with Gasteiger partial charge in [0.2, 0.25) is 5.76 Å². The van der Waals surface area contributed by atoms with Crippen molar-refractivity contribution in [2.45, 2.75) is 38.0 Å². The first-order chi connectivity index (χ1) is 9.55. The Bertz CT molecular complexity index is 395. The van der Waals surface area contributed by atoms with Crippen LogP contribution < -0.4 is 0 Å². The molecule has 0 spiro atoms. The second-order valence-electron chi connectivity index (χ2n) is 3.99. The quantitative estimate of drug-likeness (QED) is 0.239. The zero-order valence-corrected chi connectivity index (χ0v) is 13.6. The minimum atomic E-state index is -5.42. The SMILES string of the molecule is C1=C\CC/C=C\CC/1.O=C(/C=C(\O)C(F)(F)F)C(F)(F)F.[Ir]. The van der Waals surface area contributed by atoms with Crippen LogP contribution in [-0.4, -0.2) is 23.2 Å². The second-order valence-corrected chi connectivity index (χ2v) is 3.99. The van der Waals surface area contributed by atoms with Crippen LogP contribution in [0.1, 0.15) is 25.7 Å². The third kappa shape index (κ3) is 11.6. The van der Waals surface area contributed by atoms with Crippen molar-refractivity contribution in [3.63, 3.8) is 0 Å². The fourth-order valence-corrected chi connectivity index (χ4v) is 1.14. The molecule has 0 aromatic heterocycles. The molecule has 0 amide bonds. The summed E-state index contributed by atoms with van der Waals surface area (Å²) in [5, 5.41) is 7.93. The van der Waals surface area contributed by atoms with E-state index in [2.05, 4.69) is 24.3 Å². The van der Waals surface area contributed by atoms with E-state index >= 15 is 0 Å². The molecule has 9 heteroatoms. The maximum atomic E-state index is 11.4. The Morgan fingerprint density at radius 3 is 1.36 bits per heavy atom. The number of hydrogen-bond acceptors (Lipinski definition) is 2. The number of aliphatic hydroxyl groups excluding tert-OH is 1. The maximum absolute atomic E-state index is 11.4. The summed E-state index contributed by atoms with van der Waals surface area (Å²) >= 11 is 0. The Hall–Kier alpha value is -1.08. The van der Waals surface area contributed by atoms with Gasteiger partial charge in [-0.15, -0.1) is 0 Å². The van der Waals surface area contributed by atoms with Gasteiger partial charge in [-0.2, -0.15) is 26.3 Å². The van der Waals surface area contributed by atoms with E-state index in [-0.39, 0.29) is 20.1 Å². The van der Waals surface area contributed by atoms with Gasteiger partial charge in [0.1, 0.15) is 0 Å². The number of aliphatic hydroxyl groups is 1. The molecule has 1 rings (SSSR count). The van der Waals surface area contributed by atoms with Crippen molar-refractivity contribution in [1.82, 2.24) is 0 Å². The largest absolute Gasteiger partial charge is 0.504 e. The number of carbonyl (C=O) groups excluding carboxylic acids is 1. The first-order valence-corrected chi connectivity index (χ1v) is 5.94. The van der Waals surface area contributed by atoms with E-state index in [9.17, 15) is 31.1 Å². The van der Waals surface area contributed by atoms with Crippen LogP contribution in [-0.2, 0) is 24.9 Å². The predicted molar refractivity (Wildman–Crippen MR) is 64.6 cm³/mol. The number of ketones is 1. The number of halogens is 6. The molecule has 0 fully saturated rings. The minimum Gasteiger partial charge on any atom is -0.504 e. The Kier molecular flexibility index (Phi) is 11.2. The molecule has 0 saturated heterocycles. The Morgan fingerprint density at radius 2 is 1.14 bits per heavy atom. The Labute approximate surface area is 136 Å². The normalized spacial score (nSPS) is 18.7. The summed E-state index contributed by atoms with van der Waals surface area (Å²) in [6.07, 6.45) is 2.32. The maximum Gasteiger partial charge on any atom is 0.454 e. The molecule has 2 nitrogen and oxygen atoms in total. The topological polar surface area (TPSA) is 37.3 Å². The summed E-state index contributed by atoms with van der Waals surface area (Å²) in [5.41, 5.74) is 0. The summed E-state index contributed by atoms with van der Waals surface area (Å²) < 4.78 is 68.1. The number of hydrogen-bond donors (Lipinski definition) is 1. The number of alkyl halides is 6. The van der Waals surface area contributed by atoms with Crippen molar-refractivity contribution in [3.05, 3.63) is 36.1 Å². The molecule has 22 heavy (non-hydrogen) atoms. The molecule has 0 aliphatic heterocycles. The molecular weight excluding hydrogens is 494 g/mol. The van der Waals surface area contributed by atoms with Crippen molar-refractivity contribution < 1.29 is 56.3 Å². The van der Waals surface area contributed by atoms with Crippen LogP contribution in [0.5, 0.6) is 0 Å². The molecule has 0 unspecified atom stereocenters. The van der Waals surface area contributed by atoms with E-state index < -0.39 is 30.0 Å². The van der Waals surface area contributed by atoms with E-state index in [1.165, 1.54) is 25.7 Å². The van der Waals surface area contributed by atoms with Crippen molar-refractivity contribution in [3.8, 4) is 0 Å². The molecule has 0 bridgehead atoms. The second kappa shape index (κ2) is 10.6. The zero-order chi connectivity index (χ0) is 16.5. The fraction of sp³-hybridized carbons (Fsp3) is 0.462. The summed E-state index contributed by atoms with van der Waals surface area (Å²) in [5.74, 6) is -5.34. The van der Waals surface area contributed by atoms with E-state index in [1.807, 2.05) is 0 Å². The third-order valence-electron chi connectivity index (χ3n) is 2.17. The molecule has 1 N–H and O–H groups in total. The summed E-state index contributed by atoms with van der Waals surface area (Å²) in [4.78, 5) is 9.86.